The summed E-state index contributed by atoms with van der Waals surface area (Å²) in [5, 5.41) is 5.86. The third-order valence-electron chi connectivity index (χ3n) is 4.11. The number of ether oxygens (including phenoxy) is 1. The van der Waals surface area contributed by atoms with E-state index in [9.17, 15) is 9.59 Å². The first kappa shape index (κ1) is 18.2. The number of nitrogens with one attached hydrogen (secondary N) is 2. The zero-order valence-electron chi connectivity index (χ0n) is 14.5. The number of esters is 1. The number of carbonyl (C=O) groups excluding carboxylic acids is 2. The molecule has 1 aliphatic rings. The van der Waals surface area contributed by atoms with Gasteiger partial charge in [-0.25, -0.2) is 14.6 Å². The van der Waals surface area contributed by atoms with Crippen molar-refractivity contribution in [2.75, 3.05) is 17.2 Å². The molecule has 26 heavy (non-hydrogen) atoms. The molecule has 0 aliphatic heterocycles. The number of fused-ring (bicyclic) bond motifs is 1. The number of halogens is 1. The summed E-state index contributed by atoms with van der Waals surface area (Å²) in [5.41, 5.74) is 2.78. The fourth-order valence-corrected chi connectivity index (χ4v) is 3.12. The lowest BCUT2D eigenvalue weighted by Gasteiger charge is -2.18. The Balaban J connectivity index is 1.84. The summed E-state index contributed by atoms with van der Waals surface area (Å²) in [6, 6.07) is 8.09. The van der Waals surface area contributed by atoms with Crippen molar-refractivity contribution < 1.29 is 14.3 Å². The maximum Gasteiger partial charge on any atom is 0.341 e. The van der Waals surface area contributed by atoms with Gasteiger partial charge < -0.3 is 10.1 Å². The monoisotopic (exact) mass is 373 g/mol. The van der Waals surface area contributed by atoms with E-state index in [0.29, 0.717) is 10.7 Å². The van der Waals surface area contributed by atoms with Crippen LogP contribution in [0.3, 0.4) is 0 Å². The molecule has 0 unspecified atom stereocenters. The highest BCUT2D eigenvalue weighted by Gasteiger charge is 2.21. The van der Waals surface area contributed by atoms with Gasteiger partial charge in [-0.2, -0.15) is 0 Å². The van der Waals surface area contributed by atoms with Gasteiger partial charge in [0, 0.05) is 16.4 Å². The number of anilines is 2. The zero-order valence-corrected chi connectivity index (χ0v) is 15.2. The molecule has 136 valence electrons. The molecular weight excluding hydrogens is 354 g/mol. The number of urea groups is 1. The number of benzene rings is 1. The van der Waals surface area contributed by atoms with E-state index in [4.69, 9.17) is 16.3 Å². The number of aromatic nitrogens is 1. The Labute approximate surface area is 156 Å². The fraction of sp³-hybridized carbons (Fsp3) is 0.316. The molecule has 0 fully saturated rings. The average Bonchev–Trinajstić information content (AvgIpc) is 2.61. The highest BCUT2D eigenvalue weighted by atomic mass is 35.5. The molecular formula is C19H20ClN3O3. The van der Waals surface area contributed by atoms with Gasteiger partial charge in [0.2, 0.25) is 0 Å². The van der Waals surface area contributed by atoms with Crippen LogP contribution in [0.5, 0.6) is 0 Å². The van der Waals surface area contributed by atoms with Gasteiger partial charge in [-0.3, -0.25) is 5.32 Å². The Bertz CT molecular complexity index is 839. The topological polar surface area (TPSA) is 80.3 Å². The van der Waals surface area contributed by atoms with E-state index in [1.54, 1.807) is 37.3 Å². The summed E-state index contributed by atoms with van der Waals surface area (Å²) < 4.78 is 5.11. The Morgan fingerprint density at radius 3 is 2.77 bits per heavy atom. The van der Waals surface area contributed by atoms with E-state index >= 15 is 0 Å². The van der Waals surface area contributed by atoms with E-state index in [1.807, 2.05) is 0 Å². The highest BCUT2D eigenvalue weighted by molar-refractivity contribution is 6.30. The summed E-state index contributed by atoms with van der Waals surface area (Å²) in [6.45, 7) is 1.99. The molecule has 0 saturated heterocycles. The summed E-state index contributed by atoms with van der Waals surface area (Å²) in [6.07, 6.45) is 3.83. The highest BCUT2D eigenvalue weighted by Crippen LogP contribution is 2.25. The molecule has 0 saturated carbocycles. The first-order valence-corrected chi connectivity index (χ1v) is 8.98. The Morgan fingerprint density at radius 1 is 1.19 bits per heavy atom. The molecule has 1 aliphatic carbocycles. The van der Waals surface area contributed by atoms with E-state index in [0.717, 1.165) is 36.9 Å². The quantitative estimate of drug-likeness (QED) is 0.776. The predicted octanol–water partition coefficient (Wildman–Crippen LogP) is 4.43. The number of hydrogen-bond acceptors (Lipinski definition) is 4. The van der Waals surface area contributed by atoms with Gasteiger partial charge in [0.05, 0.1) is 6.61 Å². The third kappa shape index (κ3) is 4.32. The maximum atomic E-state index is 12.3. The minimum absolute atomic E-state index is 0.212. The zero-order chi connectivity index (χ0) is 18.5. The van der Waals surface area contributed by atoms with Crippen LogP contribution in [0.1, 0.15) is 41.4 Å². The van der Waals surface area contributed by atoms with Crippen molar-refractivity contribution >= 4 is 35.1 Å². The van der Waals surface area contributed by atoms with Gasteiger partial charge >= 0.3 is 12.0 Å². The van der Waals surface area contributed by atoms with Crippen LogP contribution in [0.4, 0.5) is 16.3 Å². The Hall–Kier alpha value is -2.60. The van der Waals surface area contributed by atoms with Crippen molar-refractivity contribution in [3.05, 3.63) is 52.2 Å². The largest absolute Gasteiger partial charge is 0.462 e. The molecule has 0 atom stereocenters. The van der Waals surface area contributed by atoms with Crippen molar-refractivity contribution in [1.82, 2.24) is 4.98 Å². The van der Waals surface area contributed by atoms with Crippen molar-refractivity contribution in [2.45, 2.75) is 32.6 Å². The van der Waals surface area contributed by atoms with E-state index in [-0.39, 0.29) is 18.0 Å². The van der Waals surface area contributed by atoms with Crippen molar-refractivity contribution in [3.63, 3.8) is 0 Å². The van der Waals surface area contributed by atoms with Gasteiger partial charge in [0.25, 0.3) is 0 Å². The lowest BCUT2D eigenvalue weighted by Crippen LogP contribution is -2.23. The van der Waals surface area contributed by atoms with Crippen LogP contribution in [0, 0.1) is 0 Å². The SMILES string of the molecule is CCOC(=O)c1cc2c(nc1NC(=O)Nc1cccc(Cl)c1)CCCC2. The number of hydrogen-bond donors (Lipinski definition) is 2. The van der Waals surface area contributed by atoms with Crippen molar-refractivity contribution in [1.29, 1.82) is 0 Å². The average molecular weight is 374 g/mol. The molecule has 3 rings (SSSR count). The molecule has 2 aromatic rings. The van der Waals surface area contributed by atoms with Crippen LogP contribution in [0.15, 0.2) is 30.3 Å². The maximum absolute atomic E-state index is 12.3. The summed E-state index contributed by atoms with van der Waals surface area (Å²) in [5.74, 6) is -0.282. The Morgan fingerprint density at radius 2 is 2.00 bits per heavy atom. The van der Waals surface area contributed by atoms with Gasteiger partial charge in [-0.05, 0) is 62.4 Å². The van der Waals surface area contributed by atoms with Crippen LogP contribution >= 0.6 is 11.6 Å². The van der Waals surface area contributed by atoms with Crippen molar-refractivity contribution in [2.24, 2.45) is 0 Å². The standard InChI is InChI=1S/C19H20ClN3O3/c1-2-26-18(24)15-10-12-6-3-4-9-16(12)22-17(15)23-19(25)21-14-8-5-7-13(20)11-14/h5,7-8,10-11H,2-4,6,9H2,1H3,(H2,21,22,23,25). The van der Waals surface area contributed by atoms with Gasteiger partial charge in [0.15, 0.2) is 0 Å². The van der Waals surface area contributed by atoms with Crippen molar-refractivity contribution in [3.8, 4) is 0 Å². The van der Waals surface area contributed by atoms with Crippen LogP contribution < -0.4 is 10.6 Å². The Kier molecular flexibility index (Phi) is 5.73. The molecule has 1 heterocycles. The van der Waals surface area contributed by atoms with E-state index in [1.165, 1.54) is 0 Å². The minimum atomic E-state index is -0.499. The molecule has 0 spiro atoms. The van der Waals surface area contributed by atoms with Gasteiger partial charge in [0.1, 0.15) is 11.4 Å². The molecule has 2 amide bonds. The number of pyridine rings is 1. The minimum Gasteiger partial charge on any atom is -0.462 e. The smallest absolute Gasteiger partial charge is 0.341 e. The molecule has 6 nitrogen and oxygen atoms in total. The number of aryl methyl sites for hydroxylation is 2. The third-order valence-corrected chi connectivity index (χ3v) is 4.35. The summed E-state index contributed by atoms with van der Waals surface area (Å²) >= 11 is 5.92. The number of carbonyl (C=O) groups is 2. The first-order valence-electron chi connectivity index (χ1n) is 8.60. The molecule has 1 aromatic carbocycles. The van der Waals surface area contributed by atoms with Crippen LogP contribution in [-0.2, 0) is 17.6 Å². The molecule has 0 radical (unpaired) electrons. The number of nitrogens with zero attached hydrogens (tertiary/aromatic N) is 1. The molecule has 7 heteroatoms. The molecule has 1 aromatic heterocycles. The molecule has 0 bridgehead atoms. The van der Waals surface area contributed by atoms with Gasteiger partial charge in [-0.15, -0.1) is 0 Å². The normalized spacial score (nSPS) is 12.8. The number of rotatable bonds is 4. The molecule has 2 N–H and O–H groups in total. The van der Waals surface area contributed by atoms with Crippen LogP contribution in [0.25, 0.3) is 0 Å². The first-order chi connectivity index (χ1) is 12.6. The van der Waals surface area contributed by atoms with Crippen LogP contribution in [0.2, 0.25) is 5.02 Å². The van der Waals surface area contributed by atoms with E-state index in [2.05, 4.69) is 15.6 Å². The van der Waals surface area contributed by atoms with Crippen LogP contribution in [-0.4, -0.2) is 23.6 Å². The summed E-state index contributed by atoms with van der Waals surface area (Å²) in [4.78, 5) is 29.1. The van der Waals surface area contributed by atoms with E-state index < -0.39 is 12.0 Å². The second-order valence-corrected chi connectivity index (χ2v) is 6.44. The lowest BCUT2D eigenvalue weighted by atomic mass is 9.94. The second-order valence-electron chi connectivity index (χ2n) is 6.01. The predicted molar refractivity (Wildman–Crippen MR) is 101 cm³/mol. The number of amides is 2. The summed E-state index contributed by atoms with van der Waals surface area (Å²) in [7, 11) is 0. The second kappa shape index (κ2) is 8.19. The van der Waals surface area contributed by atoms with Gasteiger partial charge in [-0.1, -0.05) is 17.7 Å². The lowest BCUT2D eigenvalue weighted by molar-refractivity contribution is 0.0527. The fourth-order valence-electron chi connectivity index (χ4n) is 2.93.